The average molecular weight is 437 g/mol. The molecule has 0 saturated carbocycles. The van der Waals surface area contributed by atoms with Gasteiger partial charge < -0.3 is 5.32 Å². The number of carbonyl (C=O) groups is 1. The molecule has 0 aliphatic carbocycles. The van der Waals surface area contributed by atoms with Crippen molar-refractivity contribution in [1.29, 1.82) is 0 Å². The SMILES string of the molecule is CCCc1cc2c(cc1C(F)(F)F)NC(=O)CC(c1cccc(-c3ccnc(C)c3)c1)=N2. The van der Waals surface area contributed by atoms with E-state index in [1.54, 1.807) is 6.20 Å². The molecular weight excluding hydrogens is 415 g/mol. The van der Waals surface area contributed by atoms with E-state index in [1.807, 2.05) is 50.2 Å². The lowest BCUT2D eigenvalue weighted by Crippen LogP contribution is -2.16. The van der Waals surface area contributed by atoms with Gasteiger partial charge in [-0.25, -0.2) is 0 Å². The normalized spacial score (nSPS) is 13.8. The Labute approximate surface area is 184 Å². The number of pyridine rings is 1. The van der Waals surface area contributed by atoms with Gasteiger partial charge in [0, 0.05) is 11.9 Å². The summed E-state index contributed by atoms with van der Waals surface area (Å²) < 4.78 is 40.7. The van der Waals surface area contributed by atoms with Crippen LogP contribution < -0.4 is 5.32 Å². The van der Waals surface area contributed by atoms with Crippen LogP contribution in [0.2, 0.25) is 0 Å². The molecule has 0 atom stereocenters. The fourth-order valence-corrected chi connectivity index (χ4v) is 3.87. The Morgan fingerprint density at radius 1 is 1.03 bits per heavy atom. The summed E-state index contributed by atoms with van der Waals surface area (Å²) in [5.74, 6) is -0.399. The number of hydrogen-bond acceptors (Lipinski definition) is 3. The second kappa shape index (κ2) is 8.57. The first-order valence-electron chi connectivity index (χ1n) is 10.4. The summed E-state index contributed by atoms with van der Waals surface area (Å²) in [6.45, 7) is 3.74. The second-order valence-electron chi connectivity index (χ2n) is 7.82. The Morgan fingerprint density at radius 3 is 2.50 bits per heavy atom. The number of nitrogens with zero attached hydrogens (tertiary/aromatic N) is 2. The van der Waals surface area contributed by atoms with Gasteiger partial charge in [0.1, 0.15) is 0 Å². The van der Waals surface area contributed by atoms with E-state index >= 15 is 0 Å². The summed E-state index contributed by atoms with van der Waals surface area (Å²) >= 11 is 0. The van der Waals surface area contributed by atoms with E-state index in [2.05, 4.69) is 15.3 Å². The zero-order chi connectivity index (χ0) is 22.9. The van der Waals surface area contributed by atoms with E-state index < -0.39 is 17.6 Å². The zero-order valence-corrected chi connectivity index (χ0v) is 17.8. The molecule has 0 saturated heterocycles. The topological polar surface area (TPSA) is 54.4 Å². The van der Waals surface area contributed by atoms with Gasteiger partial charge in [-0.05, 0) is 65.9 Å². The fraction of sp³-hybridized carbons (Fsp3) is 0.240. The first-order valence-corrected chi connectivity index (χ1v) is 10.4. The van der Waals surface area contributed by atoms with Gasteiger partial charge in [-0.15, -0.1) is 0 Å². The van der Waals surface area contributed by atoms with E-state index in [1.165, 1.54) is 6.07 Å². The summed E-state index contributed by atoms with van der Waals surface area (Å²) in [4.78, 5) is 21.4. The molecule has 0 radical (unpaired) electrons. The molecule has 2 aromatic carbocycles. The summed E-state index contributed by atoms with van der Waals surface area (Å²) in [5.41, 5.74) is 3.94. The Kier molecular flexibility index (Phi) is 5.82. The monoisotopic (exact) mass is 437 g/mol. The molecule has 1 aliphatic rings. The molecule has 0 bridgehead atoms. The number of rotatable bonds is 4. The van der Waals surface area contributed by atoms with Crippen molar-refractivity contribution in [3.8, 4) is 11.1 Å². The molecular formula is C25H22F3N3O. The van der Waals surface area contributed by atoms with Gasteiger partial charge in [0.15, 0.2) is 0 Å². The molecule has 1 amide bonds. The molecule has 1 N–H and O–H groups in total. The molecule has 7 heteroatoms. The van der Waals surface area contributed by atoms with Gasteiger partial charge in [0.05, 0.1) is 29.1 Å². The minimum Gasteiger partial charge on any atom is -0.324 e. The summed E-state index contributed by atoms with van der Waals surface area (Å²) in [6.07, 6.45) is -1.95. The van der Waals surface area contributed by atoms with Gasteiger partial charge in [0.2, 0.25) is 5.91 Å². The van der Waals surface area contributed by atoms with E-state index in [4.69, 9.17) is 0 Å². The van der Waals surface area contributed by atoms with Crippen LogP contribution in [-0.2, 0) is 17.4 Å². The summed E-state index contributed by atoms with van der Waals surface area (Å²) in [5, 5.41) is 2.60. The largest absolute Gasteiger partial charge is 0.416 e. The van der Waals surface area contributed by atoms with Crippen LogP contribution in [-0.4, -0.2) is 16.6 Å². The van der Waals surface area contributed by atoms with E-state index in [9.17, 15) is 18.0 Å². The molecule has 0 fully saturated rings. The number of carbonyl (C=O) groups excluding carboxylic acids is 1. The van der Waals surface area contributed by atoms with Gasteiger partial charge in [-0.2, -0.15) is 13.2 Å². The van der Waals surface area contributed by atoms with E-state index in [0.717, 1.165) is 28.5 Å². The first-order chi connectivity index (χ1) is 15.2. The van der Waals surface area contributed by atoms with Crippen LogP contribution in [0.5, 0.6) is 0 Å². The van der Waals surface area contributed by atoms with Crippen LogP contribution >= 0.6 is 0 Å². The van der Waals surface area contributed by atoms with E-state index in [0.29, 0.717) is 17.8 Å². The van der Waals surface area contributed by atoms with Crippen molar-refractivity contribution in [2.45, 2.75) is 39.3 Å². The standard InChI is InChI=1S/C25H22F3N3O/c1-3-5-18-12-22-23(13-20(18)25(26,27)28)31-24(32)14-21(30-22)19-7-4-6-16(11-19)17-8-9-29-15(2)10-17/h4,6-13H,3,5,14H2,1-2H3,(H,31,32). The molecule has 32 heavy (non-hydrogen) atoms. The van der Waals surface area contributed by atoms with Gasteiger partial charge in [-0.1, -0.05) is 31.5 Å². The fourth-order valence-electron chi connectivity index (χ4n) is 3.87. The smallest absolute Gasteiger partial charge is 0.324 e. The predicted octanol–water partition coefficient (Wildman–Crippen LogP) is 6.49. The van der Waals surface area contributed by atoms with Crippen LogP contribution in [0.1, 0.15) is 42.1 Å². The number of aromatic nitrogens is 1. The number of aliphatic imine (C=N–C) groups is 1. The first kappa shape index (κ1) is 21.7. The Hall–Kier alpha value is -3.48. The average Bonchev–Trinajstić information content (AvgIpc) is 2.90. The minimum atomic E-state index is -4.50. The lowest BCUT2D eigenvalue weighted by atomic mass is 9.99. The number of anilines is 1. The highest BCUT2D eigenvalue weighted by Gasteiger charge is 2.34. The van der Waals surface area contributed by atoms with Gasteiger partial charge in [-0.3, -0.25) is 14.8 Å². The predicted molar refractivity (Wildman–Crippen MR) is 119 cm³/mol. The quantitative estimate of drug-likeness (QED) is 0.507. The van der Waals surface area contributed by atoms with Crippen molar-refractivity contribution in [2.75, 3.05) is 5.32 Å². The number of hydrogen-bond donors (Lipinski definition) is 1. The molecule has 3 aromatic rings. The number of fused-ring (bicyclic) bond motifs is 1. The van der Waals surface area contributed by atoms with Gasteiger partial charge >= 0.3 is 6.18 Å². The molecule has 2 heterocycles. The number of alkyl halides is 3. The summed E-state index contributed by atoms with van der Waals surface area (Å²) in [7, 11) is 0. The molecule has 164 valence electrons. The highest BCUT2D eigenvalue weighted by Crippen LogP contribution is 2.40. The molecule has 0 unspecified atom stereocenters. The van der Waals surface area contributed by atoms with Crippen LogP contribution in [0.4, 0.5) is 24.5 Å². The molecule has 1 aromatic heterocycles. The number of halogens is 3. The van der Waals surface area contributed by atoms with E-state index in [-0.39, 0.29) is 24.1 Å². The van der Waals surface area contributed by atoms with Crippen LogP contribution in [0.25, 0.3) is 11.1 Å². The van der Waals surface area contributed by atoms with Crippen molar-refractivity contribution in [2.24, 2.45) is 4.99 Å². The van der Waals surface area contributed by atoms with Crippen molar-refractivity contribution in [3.63, 3.8) is 0 Å². The van der Waals surface area contributed by atoms with Crippen molar-refractivity contribution >= 4 is 23.0 Å². The maximum atomic E-state index is 13.6. The zero-order valence-electron chi connectivity index (χ0n) is 17.8. The summed E-state index contributed by atoms with van der Waals surface area (Å²) in [6, 6.07) is 13.9. The van der Waals surface area contributed by atoms with Crippen molar-refractivity contribution in [1.82, 2.24) is 4.98 Å². The second-order valence-corrected chi connectivity index (χ2v) is 7.82. The highest BCUT2D eigenvalue weighted by atomic mass is 19.4. The maximum absolute atomic E-state index is 13.6. The lowest BCUT2D eigenvalue weighted by Gasteiger charge is -2.16. The third-order valence-corrected chi connectivity index (χ3v) is 5.33. The minimum absolute atomic E-state index is 0.0298. The Bertz CT molecular complexity index is 1220. The molecule has 1 aliphatic heterocycles. The van der Waals surface area contributed by atoms with Crippen LogP contribution in [0, 0.1) is 6.92 Å². The lowest BCUT2D eigenvalue weighted by molar-refractivity contribution is -0.138. The van der Waals surface area contributed by atoms with Gasteiger partial charge in [0.25, 0.3) is 0 Å². The number of aryl methyl sites for hydroxylation is 2. The maximum Gasteiger partial charge on any atom is 0.416 e. The van der Waals surface area contributed by atoms with Crippen molar-refractivity contribution < 1.29 is 18.0 Å². The third kappa shape index (κ3) is 4.56. The molecule has 4 nitrogen and oxygen atoms in total. The van der Waals surface area contributed by atoms with Crippen LogP contribution in [0.15, 0.2) is 59.7 Å². The number of nitrogens with one attached hydrogen (secondary N) is 1. The highest BCUT2D eigenvalue weighted by molar-refractivity contribution is 6.17. The molecule has 0 spiro atoms. The number of amides is 1. The number of benzene rings is 2. The Morgan fingerprint density at radius 2 is 1.78 bits per heavy atom. The molecule has 4 rings (SSSR count). The van der Waals surface area contributed by atoms with Crippen molar-refractivity contribution in [3.05, 3.63) is 77.1 Å². The third-order valence-electron chi connectivity index (χ3n) is 5.33. The van der Waals surface area contributed by atoms with Crippen LogP contribution in [0.3, 0.4) is 0 Å². The Balaban J connectivity index is 1.81.